The van der Waals surface area contributed by atoms with Crippen LogP contribution in [0.5, 0.6) is 0 Å². The van der Waals surface area contributed by atoms with E-state index in [4.69, 9.17) is 0 Å². The number of hydrogen-bond donors (Lipinski definition) is 1. The van der Waals surface area contributed by atoms with Gasteiger partial charge in [0, 0.05) is 24.5 Å². The first kappa shape index (κ1) is 10.3. The van der Waals surface area contributed by atoms with Crippen LogP contribution in [0, 0.1) is 6.92 Å². The monoisotopic (exact) mass is 203 g/mol. The molecule has 0 bridgehead atoms. The van der Waals surface area contributed by atoms with E-state index in [0.29, 0.717) is 6.04 Å². The number of aryl methyl sites for hydroxylation is 1. The Balaban J connectivity index is 2.01. The quantitative estimate of drug-likeness (QED) is 0.765. The van der Waals surface area contributed by atoms with E-state index in [9.17, 15) is 0 Å². The van der Waals surface area contributed by atoms with Crippen molar-refractivity contribution in [3.8, 4) is 0 Å². The first-order chi connectivity index (χ1) is 7.27. The summed E-state index contributed by atoms with van der Waals surface area (Å²) in [6, 6.07) is 0.852. The lowest BCUT2D eigenvalue weighted by molar-refractivity contribution is 0.461. The fourth-order valence-electron chi connectivity index (χ4n) is 2.03. The SMILES string of the molecule is Cc1nccnc1C(C)NC1CC=CC1. The fraction of sp³-hybridized carbons (Fsp3) is 0.500. The zero-order valence-electron chi connectivity index (χ0n) is 9.27. The van der Waals surface area contributed by atoms with Gasteiger partial charge in [-0.1, -0.05) is 12.2 Å². The summed E-state index contributed by atoms with van der Waals surface area (Å²) in [6.07, 6.45) is 10.2. The maximum Gasteiger partial charge on any atom is 0.0782 e. The lowest BCUT2D eigenvalue weighted by Gasteiger charge is -2.19. The maximum atomic E-state index is 4.37. The van der Waals surface area contributed by atoms with Gasteiger partial charge in [-0.15, -0.1) is 0 Å². The van der Waals surface area contributed by atoms with E-state index in [1.807, 2.05) is 6.92 Å². The number of hydrogen-bond acceptors (Lipinski definition) is 3. The van der Waals surface area contributed by atoms with E-state index in [-0.39, 0.29) is 6.04 Å². The highest BCUT2D eigenvalue weighted by atomic mass is 15.0. The molecule has 0 fully saturated rings. The van der Waals surface area contributed by atoms with Gasteiger partial charge in [-0.05, 0) is 26.7 Å². The van der Waals surface area contributed by atoms with Gasteiger partial charge in [0.25, 0.3) is 0 Å². The second-order valence-corrected chi connectivity index (χ2v) is 4.06. The molecule has 1 aliphatic carbocycles. The Bertz CT molecular complexity index is 352. The van der Waals surface area contributed by atoms with Gasteiger partial charge >= 0.3 is 0 Å². The summed E-state index contributed by atoms with van der Waals surface area (Å²) in [6.45, 7) is 4.16. The molecule has 1 heterocycles. The Morgan fingerprint density at radius 1 is 1.27 bits per heavy atom. The van der Waals surface area contributed by atoms with E-state index < -0.39 is 0 Å². The van der Waals surface area contributed by atoms with Crippen molar-refractivity contribution in [2.45, 2.75) is 38.8 Å². The van der Waals surface area contributed by atoms with Crippen LogP contribution >= 0.6 is 0 Å². The fourth-order valence-corrected chi connectivity index (χ4v) is 2.03. The number of rotatable bonds is 3. The smallest absolute Gasteiger partial charge is 0.0782 e. The molecule has 1 unspecified atom stereocenters. The van der Waals surface area contributed by atoms with Crippen LogP contribution in [0.15, 0.2) is 24.5 Å². The number of nitrogens with zero attached hydrogens (tertiary/aromatic N) is 2. The van der Waals surface area contributed by atoms with Crippen LogP contribution < -0.4 is 5.32 Å². The van der Waals surface area contributed by atoms with E-state index in [1.54, 1.807) is 12.4 Å². The Kier molecular flexibility index (Phi) is 3.11. The number of aromatic nitrogens is 2. The summed E-state index contributed by atoms with van der Waals surface area (Å²) in [5.74, 6) is 0. The molecule has 0 spiro atoms. The minimum Gasteiger partial charge on any atom is -0.305 e. The zero-order chi connectivity index (χ0) is 10.7. The minimum absolute atomic E-state index is 0.281. The van der Waals surface area contributed by atoms with Crippen molar-refractivity contribution in [1.82, 2.24) is 15.3 Å². The summed E-state index contributed by atoms with van der Waals surface area (Å²) in [5, 5.41) is 3.57. The molecular weight excluding hydrogens is 186 g/mol. The van der Waals surface area contributed by atoms with E-state index >= 15 is 0 Å². The van der Waals surface area contributed by atoms with Gasteiger partial charge in [0.15, 0.2) is 0 Å². The molecule has 1 aliphatic rings. The summed E-state index contributed by atoms with van der Waals surface area (Å²) < 4.78 is 0. The molecule has 15 heavy (non-hydrogen) atoms. The Morgan fingerprint density at radius 2 is 1.93 bits per heavy atom. The first-order valence-electron chi connectivity index (χ1n) is 5.46. The highest BCUT2D eigenvalue weighted by molar-refractivity contribution is 5.13. The molecule has 0 saturated heterocycles. The van der Waals surface area contributed by atoms with Gasteiger partial charge in [0.1, 0.15) is 0 Å². The summed E-state index contributed by atoms with van der Waals surface area (Å²) >= 11 is 0. The summed E-state index contributed by atoms with van der Waals surface area (Å²) in [5.41, 5.74) is 2.08. The van der Waals surface area contributed by atoms with Gasteiger partial charge in [-0.25, -0.2) is 0 Å². The average molecular weight is 203 g/mol. The standard InChI is InChI=1S/C12H17N3/c1-9-12(14-8-7-13-9)10(2)15-11-5-3-4-6-11/h3-4,7-8,10-11,15H,5-6H2,1-2H3. The van der Waals surface area contributed by atoms with Crippen molar-refractivity contribution in [3.63, 3.8) is 0 Å². The number of nitrogens with one attached hydrogen (secondary N) is 1. The molecule has 2 rings (SSSR count). The molecule has 80 valence electrons. The molecule has 1 aromatic heterocycles. The van der Waals surface area contributed by atoms with Crippen LogP contribution in [0.2, 0.25) is 0 Å². The van der Waals surface area contributed by atoms with Gasteiger partial charge in [0.05, 0.1) is 11.4 Å². The maximum absolute atomic E-state index is 4.37. The van der Waals surface area contributed by atoms with Crippen LogP contribution in [0.3, 0.4) is 0 Å². The molecular formula is C12H17N3. The molecule has 3 nitrogen and oxygen atoms in total. The largest absolute Gasteiger partial charge is 0.305 e. The van der Waals surface area contributed by atoms with Crippen LogP contribution in [0.4, 0.5) is 0 Å². The normalized spacial score (nSPS) is 18.3. The topological polar surface area (TPSA) is 37.8 Å². The third-order valence-electron chi connectivity index (χ3n) is 2.82. The molecule has 0 aromatic carbocycles. The highest BCUT2D eigenvalue weighted by Gasteiger charge is 2.16. The lowest BCUT2D eigenvalue weighted by Crippen LogP contribution is -2.30. The van der Waals surface area contributed by atoms with Crippen LogP contribution in [0.1, 0.15) is 37.2 Å². The Labute approximate surface area is 90.6 Å². The van der Waals surface area contributed by atoms with Gasteiger partial charge in [-0.2, -0.15) is 0 Å². The van der Waals surface area contributed by atoms with Gasteiger partial charge in [-0.3, -0.25) is 9.97 Å². The Hall–Kier alpha value is -1.22. The predicted octanol–water partition coefficient (Wildman–Crippen LogP) is 2.15. The van der Waals surface area contributed by atoms with Crippen molar-refractivity contribution in [2.75, 3.05) is 0 Å². The molecule has 0 saturated carbocycles. The lowest BCUT2D eigenvalue weighted by atomic mass is 10.1. The highest BCUT2D eigenvalue weighted by Crippen LogP contribution is 2.17. The van der Waals surface area contributed by atoms with Crippen LogP contribution in [0.25, 0.3) is 0 Å². The van der Waals surface area contributed by atoms with Crippen molar-refractivity contribution in [1.29, 1.82) is 0 Å². The zero-order valence-corrected chi connectivity index (χ0v) is 9.27. The molecule has 1 atom stereocenters. The van der Waals surface area contributed by atoms with Gasteiger partial charge < -0.3 is 5.32 Å². The third kappa shape index (κ3) is 2.42. The van der Waals surface area contributed by atoms with E-state index in [0.717, 1.165) is 24.2 Å². The second-order valence-electron chi connectivity index (χ2n) is 4.06. The van der Waals surface area contributed by atoms with Crippen LogP contribution in [-0.4, -0.2) is 16.0 Å². The second kappa shape index (κ2) is 4.53. The van der Waals surface area contributed by atoms with Crippen LogP contribution in [-0.2, 0) is 0 Å². The van der Waals surface area contributed by atoms with E-state index in [1.165, 1.54) is 0 Å². The molecule has 0 aliphatic heterocycles. The van der Waals surface area contributed by atoms with Crippen molar-refractivity contribution in [2.24, 2.45) is 0 Å². The molecule has 3 heteroatoms. The predicted molar refractivity (Wildman–Crippen MR) is 60.5 cm³/mol. The van der Waals surface area contributed by atoms with E-state index in [2.05, 4.69) is 34.4 Å². The van der Waals surface area contributed by atoms with Gasteiger partial charge in [0.2, 0.25) is 0 Å². The van der Waals surface area contributed by atoms with Crippen molar-refractivity contribution in [3.05, 3.63) is 35.9 Å². The molecule has 1 aromatic rings. The average Bonchev–Trinajstić information content (AvgIpc) is 2.71. The molecule has 0 amide bonds. The summed E-state index contributed by atoms with van der Waals surface area (Å²) in [4.78, 5) is 8.63. The molecule has 0 radical (unpaired) electrons. The first-order valence-corrected chi connectivity index (χ1v) is 5.46. The summed E-state index contributed by atoms with van der Waals surface area (Å²) in [7, 11) is 0. The Morgan fingerprint density at radius 3 is 2.60 bits per heavy atom. The third-order valence-corrected chi connectivity index (χ3v) is 2.82. The van der Waals surface area contributed by atoms with Crippen molar-refractivity contribution >= 4 is 0 Å². The minimum atomic E-state index is 0.281. The van der Waals surface area contributed by atoms with Crippen molar-refractivity contribution < 1.29 is 0 Å². The molecule has 1 N–H and O–H groups in total.